The summed E-state index contributed by atoms with van der Waals surface area (Å²) in [5.41, 5.74) is 0.577. The van der Waals surface area contributed by atoms with Gasteiger partial charge in [0.15, 0.2) is 0 Å². The summed E-state index contributed by atoms with van der Waals surface area (Å²) in [4.78, 5) is 14.5. The van der Waals surface area contributed by atoms with E-state index in [0.717, 1.165) is 44.7 Å². The second-order valence-electron chi connectivity index (χ2n) is 7.37. The predicted octanol–water partition coefficient (Wildman–Crippen LogP) is 0.158. The lowest BCUT2D eigenvalue weighted by molar-refractivity contribution is -0.908. The molecule has 0 saturated carbocycles. The number of ether oxygens (including phenoxy) is 1. The lowest BCUT2D eigenvalue weighted by atomic mass is 10.1. The molecule has 7 nitrogen and oxygen atoms in total. The lowest BCUT2D eigenvalue weighted by Crippen LogP contribution is -3.14. The summed E-state index contributed by atoms with van der Waals surface area (Å²) in [6.45, 7) is 6.74. The van der Waals surface area contributed by atoms with E-state index in [-0.39, 0.29) is 10.8 Å². The number of morpholine rings is 1. The van der Waals surface area contributed by atoms with Gasteiger partial charge in [0, 0.05) is 18.4 Å². The molecule has 8 heteroatoms. The molecule has 2 aliphatic heterocycles. The highest BCUT2D eigenvalue weighted by atomic mass is 32.2. The fourth-order valence-corrected chi connectivity index (χ4v) is 5.92. The molecule has 0 spiro atoms. The van der Waals surface area contributed by atoms with Crippen molar-refractivity contribution in [2.24, 2.45) is 0 Å². The molecular formula is C20H26N3O4S+. The molecule has 1 saturated heterocycles. The van der Waals surface area contributed by atoms with E-state index in [1.54, 1.807) is 25.1 Å². The van der Waals surface area contributed by atoms with Gasteiger partial charge in [0.1, 0.15) is 19.1 Å². The van der Waals surface area contributed by atoms with Gasteiger partial charge in [-0.05, 0) is 24.4 Å². The van der Waals surface area contributed by atoms with Crippen molar-refractivity contribution in [3.8, 4) is 0 Å². The minimum absolute atomic E-state index is 0.273. The first-order valence-corrected chi connectivity index (χ1v) is 11.2. The molecule has 28 heavy (non-hydrogen) atoms. The predicted molar refractivity (Wildman–Crippen MR) is 107 cm³/mol. The Balaban J connectivity index is 1.44. The average molecular weight is 405 g/mol. The van der Waals surface area contributed by atoms with Crippen LogP contribution in [0.25, 0.3) is 10.8 Å². The third kappa shape index (κ3) is 3.36. The summed E-state index contributed by atoms with van der Waals surface area (Å²) < 4.78 is 32.8. The number of nitrogens with one attached hydrogen (secondary N) is 2. The quantitative estimate of drug-likeness (QED) is 0.672. The van der Waals surface area contributed by atoms with Crippen molar-refractivity contribution in [1.29, 1.82) is 0 Å². The number of rotatable bonds is 6. The van der Waals surface area contributed by atoms with Crippen molar-refractivity contribution in [2.45, 2.75) is 24.3 Å². The Morgan fingerprint density at radius 1 is 1.21 bits per heavy atom. The molecule has 4 rings (SSSR count). The number of benzene rings is 2. The summed E-state index contributed by atoms with van der Waals surface area (Å²) in [6, 6.07) is 9.91. The zero-order valence-corrected chi connectivity index (χ0v) is 16.8. The first kappa shape index (κ1) is 19.2. The number of anilines is 1. The highest BCUT2D eigenvalue weighted by Gasteiger charge is 2.40. The van der Waals surface area contributed by atoms with Crippen LogP contribution in [0.15, 0.2) is 41.3 Å². The summed E-state index contributed by atoms with van der Waals surface area (Å²) in [5.74, 6) is -0.273. The van der Waals surface area contributed by atoms with E-state index >= 15 is 0 Å². The standard InChI is InChI=1S/C20H25N3O4S/c1-15(20(24)21-9-4-10-22-11-13-27-14-12-22)23-17-7-2-5-16-6-3-8-18(19(16)17)28(23,25)26/h2-3,5-8,15H,4,9-14H2,1H3,(H,21,24)/p+1/t15-/m0/s1. The molecule has 0 unspecified atom stereocenters. The first-order valence-electron chi connectivity index (χ1n) is 9.75. The maximum absolute atomic E-state index is 13.1. The normalized spacial score (nSPS) is 19.7. The van der Waals surface area contributed by atoms with Gasteiger partial charge in [-0.3, -0.25) is 9.10 Å². The number of hydrogen-bond acceptors (Lipinski definition) is 4. The molecular weight excluding hydrogens is 378 g/mol. The van der Waals surface area contributed by atoms with Crippen LogP contribution < -0.4 is 14.5 Å². The smallest absolute Gasteiger partial charge is 0.265 e. The molecule has 0 aliphatic carbocycles. The summed E-state index contributed by atoms with van der Waals surface area (Å²) >= 11 is 0. The number of sulfonamides is 1. The van der Waals surface area contributed by atoms with E-state index < -0.39 is 16.1 Å². The fourth-order valence-electron chi connectivity index (χ4n) is 4.05. The average Bonchev–Trinajstić information content (AvgIpc) is 2.94. The molecule has 2 aromatic carbocycles. The van der Waals surface area contributed by atoms with Gasteiger partial charge >= 0.3 is 0 Å². The minimum Gasteiger partial charge on any atom is -0.370 e. The van der Waals surface area contributed by atoms with E-state index in [0.29, 0.717) is 17.6 Å². The number of quaternary nitrogens is 1. The Hall–Kier alpha value is -2.16. The number of hydrogen-bond donors (Lipinski definition) is 2. The molecule has 2 aliphatic rings. The van der Waals surface area contributed by atoms with Gasteiger partial charge in [0.05, 0.1) is 30.3 Å². The van der Waals surface area contributed by atoms with Crippen molar-refractivity contribution in [2.75, 3.05) is 43.7 Å². The number of amides is 1. The van der Waals surface area contributed by atoms with E-state index in [1.807, 2.05) is 18.2 Å². The van der Waals surface area contributed by atoms with Crippen molar-refractivity contribution in [3.63, 3.8) is 0 Å². The zero-order valence-electron chi connectivity index (χ0n) is 16.0. The molecule has 0 radical (unpaired) electrons. The molecule has 1 fully saturated rings. The van der Waals surface area contributed by atoms with Crippen LogP contribution in [0.3, 0.4) is 0 Å². The van der Waals surface area contributed by atoms with Gasteiger partial charge < -0.3 is 15.0 Å². The third-order valence-corrected chi connectivity index (χ3v) is 7.48. The zero-order chi connectivity index (χ0) is 19.7. The fraction of sp³-hybridized carbons (Fsp3) is 0.450. The Labute approximate surface area is 165 Å². The van der Waals surface area contributed by atoms with Crippen LogP contribution >= 0.6 is 0 Å². The molecule has 1 atom stereocenters. The number of nitrogens with zero attached hydrogens (tertiary/aromatic N) is 1. The Morgan fingerprint density at radius 3 is 2.68 bits per heavy atom. The second-order valence-corrected chi connectivity index (χ2v) is 9.15. The molecule has 0 bridgehead atoms. The van der Waals surface area contributed by atoms with Gasteiger partial charge in [0.2, 0.25) is 5.91 Å². The van der Waals surface area contributed by atoms with Gasteiger partial charge in [-0.1, -0.05) is 24.3 Å². The number of carbonyl (C=O) groups excluding carboxylic acids is 1. The van der Waals surface area contributed by atoms with Crippen LogP contribution in [-0.4, -0.2) is 59.8 Å². The van der Waals surface area contributed by atoms with Crippen LogP contribution in [-0.2, 0) is 19.6 Å². The molecule has 0 aromatic heterocycles. The monoisotopic (exact) mass is 404 g/mol. The Kier molecular flexibility index (Phi) is 5.27. The third-order valence-electron chi connectivity index (χ3n) is 5.56. The maximum Gasteiger partial charge on any atom is 0.265 e. The molecule has 1 amide bonds. The molecule has 2 N–H and O–H groups in total. The van der Waals surface area contributed by atoms with Gasteiger partial charge in [0.25, 0.3) is 10.0 Å². The van der Waals surface area contributed by atoms with Gasteiger partial charge in [-0.15, -0.1) is 0 Å². The summed E-state index contributed by atoms with van der Waals surface area (Å²) in [7, 11) is -3.74. The first-order chi connectivity index (χ1) is 13.5. The van der Waals surface area contributed by atoms with E-state index in [1.165, 1.54) is 9.21 Å². The summed E-state index contributed by atoms with van der Waals surface area (Å²) in [5, 5.41) is 4.46. The topological polar surface area (TPSA) is 80.2 Å². The van der Waals surface area contributed by atoms with E-state index in [2.05, 4.69) is 5.32 Å². The van der Waals surface area contributed by atoms with E-state index in [9.17, 15) is 13.2 Å². The van der Waals surface area contributed by atoms with E-state index in [4.69, 9.17) is 4.74 Å². The van der Waals surface area contributed by atoms with Crippen LogP contribution in [0, 0.1) is 0 Å². The molecule has 150 valence electrons. The van der Waals surface area contributed by atoms with Gasteiger partial charge in [-0.2, -0.15) is 0 Å². The Bertz CT molecular complexity index is 981. The largest absolute Gasteiger partial charge is 0.370 e. The highest BCUT2D eigenvalue weighted by molar-refractivity contribution is 7.93. The van der Waals surface area contributed by atoms with Crippen LogP contribution in [0.1, 0.15) is 13.3 Å². The lowest BCUT2D eigenvalue weighted by Gasteiger charge is -2.26. The highest BCUT2D eigenvalue weighted by Crippen LogP contribution is 2.43. The van der Waals surface area contributed by atoms with Crippen molar-refractivity contribution < 1.29 is 22.8 Å². The SMILES string of the molecule is C[C@@H](C(=O)NCCC[NH+]1CCOCC1)N1c2cccc3cccc(c23)S1(=O)=O. The summed E-state index contributed by atoms with van der Waals surface area (Å²) in [6.07, 6.45) is 0.857. The van der Waals surface area contributed by atoms with Crippen molar-refractivity contribution >= 4 is 32.4 Å². The minimum atomic E-state index is -3.74. The van der Waals surface area contributed by atoms with Crippen molar-refractivity contribution in [1.82, 2.24) is 5.32 Å². The molecule has 2 heterocycles. The van der Waals surface area contributed by atoms with Crippen LogP contribution in [0.4, 0.5) is 5.69 Å². The second kappa shape index (κ2) is 7.69. The van der Waals surface area contributed by atoms with Crippen LogP contribution in [0.5, 0.6) is 0 Å². The van der Waals surface area contributed by atoms with Crippen LogP contribution in [0.2, 0.25) is 0 Å². The van der Waals surface area contributed by atoms with Crippen molar-refractivity contribution in [3.05, 3.63) is 36.4 Å². The number of carbonyl (C=O) groups is 1. The molecule has 2 aromatic rings. The Morgan fingerprint density at radius 2 is 1.93 bits per heavy atom. The maximum atomic E-state index is 13.1. The van der Waals surface area contributed by atoms with Gasteiger partial charge in [-0.25, -0.2) is 8.42 Å².